The van der Waals surface area contributed by atoms with E-state index in [-0.39, 0.29) is 5.91 Å². The lowest BCUT2D eigenvalue weighted by molar-refractivity contribution is -0.116. The summed E-state index contributed by atoms with van der Waals surface area (Å²) < 4.78 is 0. The van der Waals surface area contributed by atoms with Crippen LogP contribution in [0.25, 0.3) is 0 Å². The zero-order chi connectivity index (χ0) is 18.5. The molecule has 2 heterocycles. The average Bonchev–Trinajstić information content (AvgIpc) is 2.64. The molecule has 1 amide bonds. The van der Waals surface area contributed by atoms with Crippen molar-refractivity contribution >= 4 is 17.5 Å². The third kappa shape index (κ3) is 4.58. The first kappa shape index (κ1) is 18.3. The molecule has 3 rings (SSSR count). The SMILES string of the molecule is Cc1nc(N2CCN(C)CC2)nc(C)c1NC(=O)CCc1ccccc1. The van der Waals surface area contributed by atoms with Gasteiger partial charge in [0, 0.05) is 32.6 Å². The largest absolute Gasteiger partial charge is 0.338 e. The zero-order valence-electron chi connectivity index (χ0n) is 15.8. The predicted octanol–water partition coefficient (Wildman–Crippen LogP) is 2.42. The van der Waals surface area contributed by atoms with Crippen molar-refractivity contribution < 1.29 is 4.79 Å². The van der Waals surface area contributed by atoms with Gasteiger partial charge in [-0.2, -0.15) is 0 Å². The lowest BCUT2D eigenvalue weighted by atomic mass is 10.1. The lowest BCUT2D eigenvalue weighted by Gasteiger charge is -2.32. The van der Waals surface area contributed by atoms with Crippen LogP contribution in [-0.4, -0.2) is 54.0 Å². The summed E-state index contributed by atoms with van der Waals surface area (Å²) in [6.07, 6.45) is 1.17. The Kier molecular flexibility index (Phi) is 5.83. The van der Waals surface area contributed by atoms with Crippen LogP contribution in [0.5, 0.6) is 0 Å². The van der Waals surface area contributed by atoms with E-state index in [1.54, 1.807) is 0 Å². The zero-order valence-corrected chi connectivity index (χ0v) is 15.8. The lowest BCUT2D eigenvalue weighted by Crippen LogP contribution is -2.45. The Morgan fingerprint density at radius 3 is 2.27 bits per heavy atom. The minimum atomic E-state index is -0.00370. The van der Waals surface area contributed by atoms with Crippen molar-refractivity contribution in [1.82, 2.24) is 14.9 Å². The normalized spacial score (nSPS) is 15.1. The van der Waals surface area contributed by atoms with Crippen molar-refractivity contribution in [1.29, 1.82) is 0 Å². The second-order valence-electron chi connectivity index (χ2n) is 6.89. The van der Waals surface area contributed by atoms with Gasteiger partial charge in [0.15, 0.2) is 0 Å². The van der Waals surface area contributed by atoms with Crippen LogP contribution in [0.4, 0.5) is 11.6 Å². The number of nitrogens with one attached hydrogen (secondary N) is 1. The summed E-state index contributed by atoms with van der Waals surface area (Å²) in [5, 5.41) is 3.00. The van der Waals surface area contributed by atoms with Gasteiger partial charge in [-0.3, -0.25) is 4.79 Å². The molecule has 26 heavy (non-hydrogen) atoms. The maximum atomic E-state index is 12.3. The maximum absolute atomic E-state index is 12.3. The number of aromatic nitrogens is 2. The summed E-state index contributed by atoms with van der Waals surface area (Å²) in [7, 11) is 2.13. The van der Waals surface area contributed by atoms with Gasteiger partial charge in [0.25, 0.3) is 0 Å². The van der Waals surface area contributed by atoms with Crippen molar-refractivity contribution in [3.8, 4) is 0 Å². The van der Waals surface area contributed by atoms with Crippen LogP contribution < -0.4 is 10.2 Å². The maximum Gasteiger partial charge on any atom is 0.225 e. The van der Waals surface area contributed by atoms with Crippen molar-refractivity contribution in [3.05, 3.63) is 47.3 Å². The summed E-state index contributed by atoms with van der Waals surface area (Å²) in [6.45, 7) is 7.75. The number of hydrogen-bond donors (Lipinski definition) is 1. The molecule has 6 nitrogen and oxygen atoms in total. The minimum absolute atomic E-state index is 0.00370. The molecule has 1 aliphatic heterocycles. The Morgan fingerprint density at radius 1 is 1.04 bits per heavy atom. The molecule has 1 N–H and O–H groups in total. The Labute approximate surface area is 155 Å². The highest BCUT2D eigenvalue weighted by Crippen LogP contribution is 2.21. The molecule has 2 aromatic rings. The second kappa shape index (κ2) is 8.27. The Bertz CT molecular complexity index is 731. The molecule has 1 aliphatic rings. The van der Waals surface area contributed by atoms with Crippen LogP contribution in [0.1, 0.15) is 23.4 Å². The first-order chi connectivity index (χ1) is 12.5. The number of carbonyl (C=O) groups is 1. The quantitative estimate of drug-likeness (QED) is 0.894. The first-order valence-corrected chi connectivity index (χ1v) is 9.15. The fourth-order valence-electron chi connectivity index (χ4n) is 3.13. The van der Waals surface area contributed by atoms with E-state index in [0.717, 1.165) is 61.2 Å². The fourth-order valence-corrected chi connectivity index (χ4v) is 3.13. The van der Waals surface area contributed by atoms with Crippen LogP contribution in [0.2, 0.25) is 0 Å². The number of rotatable bonds is 5. The minimum Gasteiger partial charge on any atom is -0.338 e. The third-order valence-corrected chi connectivity index (χ3v) is 4.79. The molecule has 1 saturated heterocycles. The van der Waals surface area contributed by atoms with E-state index in [0.29, 0.717) is 6.42 Å². The summed E-state index contributed by atoms with van der Waals surface area (Å²) in [5.74, 6) is 0.756. The number of hydrogen-bond acceptors (Lipinski definition) is 5. The molecule has 0 unspecified atom stereocenters. The summed E-state index contributed by atoms with van der Waals surface area (Å²) >= 11 is 0. The summed E-state index contributed by atoms with van der Waals surface area (Å²) in [5.41, 5.74) is 3.54. The molecule has 1 aromatic heterocycles. The van der Waals surface area contributed by atoms with E-state index in [2.05, 4.69) is 32.1 Å². The summed E-state index contributed by atoms with van der Waals surface area (Å²) in [4.78, 5) is 26.1. The number of nitrogens with zero attached hydrogens (tertiary/aromatic N) is 4. The Balaban J connectivity index is 1.63. The van der Waals surface area contributed by atoms with Gasteiger partial charge in [0.05, 0.1) is 17.1 Å². The van der Waals surface area contributed by atoms with Crippen LogP contribution in [0.3, 0.4) is 0 Å². The van der Waals surface area contributed by atoms with E-state index in [4.69, 9.17) is 0 Å². The van der Waals surface area contributed by atoms with E-state index in [9.17, 15) is 4.79 Å². The van der Waals surface area contributed by atoms with Crippen LogP contribution >= 0.6 is 0 Å². The predicted molar refractivity (Wildman–Crippen MR) is 105 cm³/mol. The first-order valence-electron chi connectivity index (χ1n) is 9.15. The van der Waals surface area contributed by atoms with Crippen LogP contribution in [0.15, 0.2) is 30.3 Å². The molecule has 138 valence electrons. The van der Waals surface area contributed by atoms with E-state index in [1.165, 1.54) is 0 Å². The average molecular weight is 353 g/mol. The standard InChI is InChI=1S/C20H27N5O/c1-15-19(23-18(26)10-9-17-7-5-4-6-8-17)16(2)22-20(21-15)25-13-11-24(3)12-14-25/h4-8H,9-14H2,1-3H3,(H,23,26). The highest BCUT2D eigenvalue weighted by atomic mass is 16.1. The van der Waals surface area contributed by atoms with Crippen molar-refractivity contribution in [2.45, 2.75) is 26.7 Å². The van der Waals surface area contributed by atoms with E-state index < -0.39 is 0 Å². The van der Waals surface area contributed by atoms with Gasteiger partial charge in [-0.05, 0) is 32.9 Å². The third-order valence-electron chi connectivity index (χ3n) is 4.79. The highest BCUT2D eigenvalue weighted by molar-refractivity contribution is 5.92. The highest BCUT2D eigenvalue weighted by Gasteiger charge is 2.19. The molecule has 0 radical (unpaired) electrons. The van der Waals surface area contributed by atoms with Crippen molar-refractivity contribution in [2.24, 2.45) is 0 Å². The number of benzene rings is 1. The van der Waals surface area contributed by atoms with Crippen molar-refractivity contribution in [3.63, 3.8) is 0 Å². The molecule has 1 aromatic carbocycles. The molecule has 0 spiro atoms. The molecular formula is C20H27N5O. The molecule has 0 aliphatic carbocycles. The number of amides is 1. The van der Waals surface area contributed by atoms with Gasteiger partial charge in [-0.1, -0.05) is 30.3 Å². The molecule has 0 saturated carbocycles. The van der Waals surface area contributed by atoms with Crippen LogP contribution in [0, 0.1) is 13.8 Å². The van der Waals surface area contributed by atoms with Gasteiger partial charge in [0.1, 0.15) is 0 Å². The van der Waals surface area contributed by atoms with Gasteiger partial charge < -0.3 is 15.1 Å². The van der Waals surface area contributed by atoms with Crippen molar-refractivity contribution in [2.75, 3.05) is 43.4 Å². The molecular weight excluding hydrogens is 326 g/mol. The Hall–Kier alpha value is -2.47. The second-order valence-corrected chi connectivity index (χ2v) is 6.89. The van der Waals surface area contributed by atoms with Gasteiger partial charge in [0.2, 0.25) is 11.9 Å². The Morgan fingerprint density at radius 2 is 1.65 bits per heavy atom. The van der Waals surface area contributed by atoms with E-state index >= 15 is 0 Å². The smallest absolute Gasteiger partial charge is 0.225 e. The number of anilines is 2. The fraction of sp³-hybridized carbons (Fsp3) is 0.450. The van der Waals surface area contributed by atoms with Crippen LogP contribution in [-0.2, 0) is 11.2 Å². The number of piperazine rings is 1. The summed E-state index contributed by atoms with van der Waals surface area (Å²) in [6, 6.07) is 10.0. The number of likely N-dealkylation sites (N-methyl/N-ethyl adjacent to an activating group) is 1. The molecule has 0 atom stereocenters. The molecule has 0 bridgehead atoms. The molecule has 6 heteroatoms. The van der Waals surface area contributed by atoms with Gasteiger partial charge in [-0.25, -0.2) is 9.97 Å². The van der Waals surface area contributed by atoms with E-state index in [1.807, 2.05) is 44.2 Å². The topological polar surface area (TPSA) is 61.4 Å². The molecule has 1 fully saturated rings. The number of carbonyl (C=O) groups excluding carboxylic acids is 1. The monoisotopic (exact) mass is 353 g/mol. The van der Waals surface area contributed by atoms with Gasteiger partial charge in [-0.15, -0.1) is 0 Å². The number of aryl methyl sites for hydroxylation is 3. The van der Waals surface area contributed by atoms with Gasteiger partial charge >= 0.3 is 0 Å².